The van der Waals surface area contributed by atoms with E-state index in [0.29, 0.717) is 0 Å². The Morgan fingerprint density at radius 1 is 0.710 bits per heavy atom. The molecular formula is C30H40O. The Morgan fingerprint density at radius 3 is 2.03 bits per heavy atom. The molecule has 0 N–H and O–H groups in total. The van der Waals surface area contributed by atoms with Crippen LogP contribution in [0.1, 0.15) is 94.7 Å². The van der Waals surface area contributed by atoms with Gasteiger partial charge in [0.25, 0.3) is 0 Å². The molecule has 2 rings (SSSR count). The van der Waals surface area contributed by atoms with Crippen molar-refractivity contribution in [1.29, 1.82) is 0 Å². The summed E-state index contributed by atoms with van der Waals surface area (Å²) in [6.45, 7) is 5.31. The van der Waals surface area contributed by atoms with Gasteiger partial charge in [0.1, 0.15) is 5.75 Å². The van der Waals surface area contributed by atoms with Crippen molar-refractivity contribution in [3.63, 3.8) is 0 Å². The SMILES string of the molecule is CCCCCCCCCCOc1ccc(/C=C/C#Cc2ccc(CCCC)cc2)cc1. The minimum Gasteiger partial charge on any atom is -0.494 e. The monoisotopic (exact) mass is 416 g/mol. The van der Waals surface area contributed by atoms with Crippen molar-refractivity contribution in [3.05, 3.63) is 71.3 Å². The molecule has 1 heteroatoms. The Morgan fingerprint density at radius 2 is 1.35 bits per heavy atom. The highest BCUT2D eigenvalue weighted by atomic mass is 16.5. The molecule has 0 amide bonds. The molecule has 0 atom stereocenters. The van der Waals surface area contributed by atoms with E-state index >= 15 is 0 Å². The number of hydrogen-bond donors (Lipinski definition) is 0. The predicted octanol–water partition coefficient (Wildman–Crippen LogP) is 8.61. The van der Waals surface area contributed by atoms with Gasteiger partial charge in [0, 0.05) is 5.56 Å². The predicted molar refractivity (Wildman–Crippen MR) is 136 cm³/mol. The van der Waals surface area contributed by atoms with Gasteiger partial charge < -0.3 is 4.74 Å². The third kappa shape index (κ3) is 11.5. The van der Waals surface area contributed by atoms with Gasteiger partial charge >= 0.3 is 0 Å². The summed E-state index contributed by atoms with van der Waals surface area (Å²) in [7, 11) is 0. The van der Waals surface area contributed by atoms with Gasteiger partial charge in [0.15, 0.2) is 0 Å². The lowest BCUT2D eigenvalue weighted by atomic mass is 10.1. The molecule has 0 unspecified atom stereocenters. The first-order chi connectivity index (χ1) is 15.3. The number of unbranched alkanes of at least 4 members (excludes halogenated alkanes) is 8. The van der Waals surface area contributed by atoms with E-state index in [0.717, 1.165) is 36.3 Å². The van der Waals surface area contributed by atoms with Crippen LogP contribution in [0, 0.1) is 11.8 Å². The molecule has 0 aliphatic carbocycles. The van der Waals surface area contributed by atoms with Crippen LogP contribution in [-0.2, 0) is 6.42 Å². The van der Waals surface area contributed by atoms with E-state index in [9.17, 15) is 0 Å². The molecule has 0 aliphatic rings. The summed E-state index contributed by atoms with van der Waals surface area (Å²) in [5.74, 6) is 7.30. The van der Waals surface area contributed by atoms with Gasteiger partial charge in [-0.2, -0.15) is 0 Å². The van der Waals surface area contributed by atoms with E-state index in [1.165, 1.54) is 63.4 Å². The quantitative estimate of drug-likeness (QED) is 0.221. The van der Waals surface area contributed by atoms with Crippen LogP contribution in [0.5, 0.6) is 5.75 Å². The number of rotatable bonds is 14. The maximum atomic E-state index is 5.87. The molecular weight excluding hydrogens is 376 g/mol. The maximum absolute atomic E-state index is 5.87. The second kappa shape index (κ2) is 16.3. The van der Waals surface area contributed by atoms with Gasteiger partial charge in [-0.05, 0) is 66.8 Å². The fraction of sp³-hybridized carbons (Fsp3) is 0.467. The third-order valence-electron chi connectivity index (χ3n) is 5.50. The zero-order chi connectivity index (χ0) is 22.0. The van der Waals surface area contributed by atoms with Crippen LogP contribution >= 0.6 is 0 Å². The Kier molecular flexibility index (Phi) is 13.0. The Hall–Kier alpha value is -2.46. The van der Waals surface area contributed by atoms with Gasteiger partial charge in [-0.15, -0.1) is 0 Å². The normalized spacial score (nSPS) is 10.8. The van der Waals surface area contributed by atoms with E-state index in [2.05, 4.69) is 62.1 Å². The first-order valence-electron chi connectivity index (χ1n) is 12.3. The standard InChI is InChI=1S/C30H40O/c1-3-5-7-8-9-10-11-14-26-31-30-24-22-29(23-25-30)17-13-12-16-28-20-18-27(19-21-28)15-6-4-2/h13,17-25H,3-11,14-15,26H2,1-2H3/b17-13+. The van der Waals surface area contributed by atoms with Gasteiger partial charge in [-0.3, -0.25) is 0 Å². The molecule has 31 heavy (non-hydrogen) atoms. The number of hydrogen-bond acceptors (Lipinski definition) is 1. The van der Waals surface area contributed by atoms with Gasteiger partial charge in [-0.1, -0.05) is 101 Å². The van der Waals surface area contributed by atoms with Gasteiger partial charge in [0.05, 0.1) is 6.61 Å². The Bertz CT molecular complexity index is 787. The van der Waals surface area contributed by atoms with Crippen molar-refractivity contribution in [2.75, 3.05) is 6.61 Å². The summed E-state index contributed by atoms with van der Waals surface area (Å²) in [6, 6.07) is 16.9. The van der Waals surface area contributed by atoms with Crippen LogP contribution < -0.4 is 4.74 Å². The molecule has 1 nitrogen and oxygen atoms in total. The maximum Gasteiger partial charge on any atom is 0.119 e. The lowest BCUT2D eigenvalue weighted by Crippen LogP contribution is -1.97. The smallest absolute Gasteiger partial charge is 0.119 e. The van der Waals surface area contributed by atoms with Crippen LogP contribution in [0.4, 0.5) is 0 Å². The van der Waals surface area contributed by atoms with Crippen molar-refractivity contribution in [1.82, 2.24) is 0 Å². The van der Waals surface area contributed by atoms with Crippen molar-refractivity contribution in [2.24, 2.45) is 0 Å². The lowest BCUT2D eigenvalue weighted by molar-refractivity contribution is 0.304. The van der Waals surface area contributed by atoms with Crippen molar-refractivity contribution >= 4 is 6.08 Å². The summed E-state index contributed by atoms with van der Waals surface area (Å²) in [5.41, 5.74) is 3.60. The highest BCUT2D eigenvalue weighted by molar-refractivity contribution is 5.54. The third-order valence-corrected chi connectivity index (χ3v) is 5.50. The summed E-state index contributed by atoms with van der Waals surface area (Å²) < 4.78 is 5.87. The molecule has 2 aromatic rings. The number of ether oxygens (including phenoxy) is 1. The highest BCUT2D eigenvalue weighted by Gasteiger charge is 1.96. The van der Waals surface area contributed by atoms with Gasteiger partial charge in [0.2, 0.25) is 0 Å². The zero-order valence-corrected chi connectivity index (χ0v) is 19.7. The molecule has 0 spiro atoms. The van der Waals surface area contributed by atoms with E-state index < -0.39 is 0 Å². The molecule has 166 valence electrons. The number of benzene rings is 2. The minimum atomic E-state index is 0.812. The van der Waals surface area contributed by atoms with Crippen LogP contribution in [0.3, 0.4) is 0 Å². The van der Waals surface area contributed by atoms with Crippen molar-refractivity contribution in [3.8, 4) is 17.6 Å². The van der Waals surface area contributed by atoms with E-state index in [1.54, 1.807) is 0 Å². The zero-order valence-electron chi connectivity index (χ0n) is 19.7. The molecule has 0 aliphatic heterocycles. The van der Waals surface area contributed by atoms with Crippen LogP contribution in [0.25, 0.3) is 6.08 Å². The largest absolute Gasteiger partial charge is 0.494 e. The number of allylic oxidation sites excluding steroid dienone is 1. The Labute approximate surface area is 190 Å². The average molecular weight is 417 g/mol. The lowest BCUT2D eigenvalue weighted by Gasteiger charge is -2.06. The molecule has 0 saturated carbocycles. The molecule has 0 aromatic heterocycles. The first-order valence-corrected chi connectivity index (χ1v) is 12.3. The van der Waals surface area contributed by atoms with Crippen LogP contribution in [0.2, 0.25) is 0 Å². The Balaban J connectivity index is 1.64. The van der Waals surface area contributed by atoms with Crippen LogP contribution in [-0.4, -0.2) is 6.61 Å². The number of aryl methyl sites for hydroxylation is 1. The van der Waals surface area contributed by atoms with E-state index in [-0.39, 0.29) is 0 Å². The fourth-order valence-electron chi connectivity index (χ4n) is 3.50. The van der Waals surface area contributed by atoms with E-state index in [1.807, 2.05) is 24.3 Å². The molecule has 0 radical (unpaired) electrons. The second-order valence-electron chi connectivity index (χ2n) is 8.30. The molecule has 0 bridgehead atoms. The van der Waals surface area contributed by atoms with Crippen LogP contribution in [0.15, 0.2) is 54.6 Å². The minimum absolute atomic E-state index is 0.812. The summed E-state index contributed by atoms with van der Waals surface area (Å²) in [5, 5.41) is 0. The van der Waals surface area contributed by atoms with Gasteiger partial charge in [-0.25, -0.2) is 0 Å². The summed E-state index contributed by atoms with van der Waals surface area (Å²) >= 11 is 0. The molecule has 0 fully saturated rings. The topological polar surface area (TPSA) is 9.23 Å². The summed E-state index contributed by atoms with van der Waals surface area (Å²) in [4.78, 5) is 0. The summed E-state index contributed by atoms with van der Waals surface area (Å²) in [6.07, 6.45) is 18.2. The highest BCUT2D eigenvalue weighted by Crippen LogP contribution is 2.14. The molecule has 2 aromatic carbocycles. The van der Waals surface area contributed by atoms with Crippen molar-refractivity contribution in [2.45, 2.75) is 84.5 Å². The average Bonchev–Trinajstić information content (AvgIpc) is 2.81. The van der Waals surface area contributed by atoms with E-state index in [4.69, 9.17) is 4.74 Å². The molecule has 0 saturated heterocycles. The fourth-order valence-corrected chi connectivity index (χ4v) is 3.50. The molecule has 0 heterocycles. The second-order valence-corrected chi connectivity index (χ2v) is 8.30. The van der Waals surface area contributed by atoms with Crippen molar-refractivity contribution < 1.29 is 4.74 Å². The first kappa shape index (κ1) is 24.8.